The fraction of sp³-hybridized carbons (Fsp3) is 0. The molecule has 2 aromatic carbocycles. The molecule has 4 aromatic rings. The molecule has 0 atom stereocenters. The predicted molar refractivity (Wildman–Crippen MR) is 93.1 cm³/mol. The number of nitrogens with zero attached hydrogens (tertiary/aromatic N) is 3. The first-order valence-corrected chi connectivity index (χ1v) is 7.83. The Morgan fingerprint density at radius 1 is 0.880 bits per heavy atom. The summed E-state index contributed by atoms with van der Waals surface area (Å²) >= 11 is 6.26. The minimum absolute atomic E-state index is 0.166. The summed E-state index contributed by atoms with van der Waals surface area (Å²) in [7, 11) is 0. The van der Waals surface area contributed by atoms with Gasteiger partial charge in [0.25, 0.3) is 0 Å². The van der Waals surface area contributed by atoms with Gasteiger partial charge >= 0.3 is 0 Å². The van der Waals surface area contributed by atoms with Crippen molar-refractivity contribution in [3.63, 3.8) is 0 Å². The van der Waals surface area contributed by atoms with E-state index in [1.165, 1.54) is 0 Å². The van der Waals surface area contributed by atoms with Crippen molar-refractivity contribution in [2.75, 3.05) is 0 Å². The lowest BCUT2D eigenvalue weighted by Gasteiger charge is -2.08. The molecule has 0 N–H and O–H groups in total. The zero-order valence-corrected chi connectivity index (χ0v) is 13.5. The second-order valence-corrected chi connectivity index (χ2v) is 5.79. The van der Waals surface area contributed by atoms with Gasteiger partial charge in [-0.25, -0.2) is 18.7 Å². The third-order valence-electron chi connectivity index (χ3n) is 3.81. The Morgan fingerprint density at radius 2 is 1.76 bits per heavy atom. The number of halogens is 3. The van der Waals surface area contributed by atoms with Gasteiger partial charge in [0.15, 0.2) is 5.82 Å². The summed E-state index contributed by atoms with van der Waals surface area (Å²) in [5.74, 6) is -0.593. The zero-order chi connectivity index (χ0) is 17.4. The molecule has 0 aliphatic rings. The molecule has 0 saturated heterocycles. The van der Waals surface area contributed by atoms with E-state index in [0.29, 0.717) is 27.9 Å². The van der Waals surface area contributed by atoms with E-state index in [9.17, 15) is 8.78 Å². The lowest BCUT2D eigenvalue weighted by molar-refractivity contribution is 0.603. The summed E-state index contributed by atoms with van der Waals surface area (Å²) in [6, 6.07) is 12.0. The van der Waals surface area contributed by atoms with E-state index < -0.39 is 11.6 Å². The fourth-order valence-electron chi connectivity index (χ4n) is 2.60. The first-order chi connectivity index (χ1) is 12.1. The molecule has 25 heavy (non-hydrogen) atoms. The van der Waals surface area contributed by atoms with Gasteiger partial charge in [-0.1, -0.05) is 17.7 Å². The minimum Gasteiger partial charge on any atom is -0.264 e. The second kappa shape index (κ2) is 6.18. The largest absolute Gasteiger partial charge is 0.264 e. The van der Waals surface area contributed by atoms with Crippen LogP contribution in [-0.4, -0.2) is 15.0 Å². The normalized spacial score (nSPS) is 11.0. The first kappa shape index (κ1) is 15.6. The van der Waals surface area contributed by atoms with Gasteiger partial charge in [-0.3, -0.25) is 4.98 Å². The van der Waals surface area contributed by atoms with E-state index in [1.807, 2.05) is 6.07 Å². The number of aromatic nitrogens is 3. The third-order valence-corrected chi connectivity index (χ3v) is 4.10. The zero-order valence-electron chi connectivity index (χ0n) is 12.7. The van der Waals surface area contributed by atoms with Gasteiger partial charge in [0.05, 0.1) is 5.52 Å². The van der Waals surface area contributed by atoms with E-state index in [2.05, 4.69) is 15.0 Å². The molecule has 0 spiro atoms. The highest BCUT2D eigenvalue weighted by atomic mass is 35.5. The van der Waals surface area contributed by atoms with Gasteiger partial charge < -0.3 is 0 Å². The number of hydrogen-bond donors (Lipinski definition) is 0. The molecule has 0 saturated carbocycles. The molecule has 0 fully saturated rings. The number of fused-ring (bicyclic) bond motifs is 1. The van der Waals surface area contributed by atoms with Crippen LogP contribution in [-0.2, 0) is 0 Å². The van der Waals surface area contributed by atoms with Gasteiger partial charge in [-0.2, -0.15) is 0 Å². The van der Waals surface area contributed by atoms with Crippen LogP contribution in [0.5, 0.6) is 0 Å². The molecular formula is C19H10ClF2N3. The van der Waals surface area contributed by atoms with Crippen LogP contribution in [0.4, 0.5) is 8.78 Å². The van der Waals surface area contributed by atoms with Crippen molar-refractivity contribution in [1.29, 1.82) is 0 Å². The van der Waals surface area contributed by atoms with Crippen LogP contribution in [0.15, 0.2) is 60.9 Å². The summed E-state index contributed by atoms with van der Waals surface area (Å²) in [6.45, 7) is 0. The van der Waals surface area contributed by atoms with E-state index in [4.69, 9.17) is 11.6 Å². The smallest absolute Gasteiger partial charge is 0.163 e. The molecule has 0 bridgehead atoms. The molecule has 4 rings (SSSR count). The molecule has 0 radical (unpaired) electrons. The second-order valence-electron chi connectivity index (χ2n) is 5.44. The Kier molecular flexibility index (Phi) is 3.86. The van der Waals surface area contributed by atoms with Crippen molar-refractivity contribution < 1.29 is 8.78 Å². The average molecular weight is 354 g/mol. The fourth-order valence-corrected chi connectivity index (χ4v) is 2.84. The molecule has 0 aliphatic carbocycles. The lowest BCUT2D eigenvalue weighted by Crippen LogP contribution is -1.93. The van der Waals surface area contributed by atoms with Crippen LogP contribution < -0.4 is 0 Å². The molecular weight excluding hydrogens is 344 g/mol. The Labute approximate surface area is 147 Å². The minimum atomic E-state index is -0.506. The molecule has 122 valence electrons. The van der Waals surface area contributed by atoms with Crippen molar-refractivity contribution in [3.05, 3.63) is 77.7 Å². The Balaban J connectivity index is 1.91. The summed E-state index contributed by atoms with van der Waals surface area (Å²) in [5.41, 5.74) is 1.93. The van der Waals surface area contributed by atoms with Crippen LogP contribution in [0.3, 0.4) is 0 Å². The summed E-state index contributed by atoms with van der Waals surface area (Å²) < 4.78 is 27.5. The maximum atomic E-state index is 14.0. The number of pyridine rings is 1. The SMILES string of the molecule is Fc1ccc(F)c(-c2ccc3c(Cl)nc(-c4cccnc4)nc3c2)c1. The van der Waals surface area contributed by atoms with Gasteiger partial charge in [0, 0.05) is 28.9 Å². The first-order valence-electron chi connectivity index (χ1n) is 7.45. The standard InChI is InChI=1S/C19H10ClF2N3/c20-18-14-5-3-11(15-9-13(21)4-6-16(15)22)8-17(14)24-19(25-18)12-2-1-7-23-10-12/h1-10H. The van der Waals surface area contributed by atoms with E-state index in [1.54, 1.807) is 36.7 Å². The monoisotopic (exact) mass is 353 g/mol. The van der Waals surface area contributed by atoms with E-state index >= 15 is 0 Å². The molecule has 2 aromatic heterocycles. The lowest BCUT2D eigenvalue weighted by atomic mass is 10.0. The maximum Gasteiger partial charge on any atom is 0.163 e. The summed E-state index contributed by atoms with van der Waals surface area (Å²) in [6.07, 6.45) is 3.28. The van der Waals surface area contributed by atoms with Gasteiger partial charge in [-0.15, -0.1) is 0 Å². The Morgan fingerprint density at radius 3 is 2.56 bits per heavy atom. The third kappa shape index (κ3) is 2.94. The van der Waals surface area contributed by atoms with Crippen molar-refractivity contribution in [2.45, 2.75) is 0 Å². The summed E-state index contributed by atoms with van der Waals surface area (Å²) in [5, 5.41) is 0.921. The highest BCUT2D eigenvalue weighted by Gasteiger charge is 2.12. The number of hydrogen-bond acceptors (Lipinski definition) is 3. The van der Waals surface area contributed by atoms with Crippen molar-refractivity contribution >= 4 is 22.5 Å². The molecule has 0 amide bonds. The quantitative estimate of drug-likeness (QED) is 0.459. The van der Waals surface area contributed by atoms with E-state index in [0.717, 1.165) is 18.2 Å². The summed E-state index contributed by atoms with van der Waals surface area (Å²) in [4.78, 5) is 12.8. The number of benzene rings is 2. The van der Waals surface area contributed by atoms with Crippen LogP contribution in [0, 0.1) is 11.6 Å². The molecule has 0 unspecified atom stereocenters. The highest BCUT2D eigenvalue weighted by Crippen LogP contribution is 2.30. The number of rotatable bonds is 2. The van der Waals surface area contributed by atoms with Crippen LogP contribution >= 0.6 is 11.6 Å². The van der Waals surface area contributed by atoms with Gasteiger partial charge in [0.1, 0.15) is 16.8 Å². The van der Waals surface area contributed by atoms with Crippen molar-refractivity contribution in [1.82, 2.24) is 15.0 Å². The van der Waals surface area contributed by atoms with Gasteiger partial charge in [0.2, 0.25) is 0 Å². The van der Waals surface area contributed by atoms with Crippen molar-refractivity contribution in [3.8, 4) is 22.5 Å². The molecule has 6 heteroatoms. The topological polar surface area (TPSA) is 38.7 Å². The molecule has 3 nitrogen and oxygen atoms in total. The molecule has 0 aliphatic heterocycles. The Hall–Kier alpha value is -2.92. The average Bonchev–Trinajstić information content (AvgIpc) is 2.64. The molecule has 2 heterocycles. The van der Waals surface area contributed by atoms with Crippen LogP contribution in [0.25, 0.3) is 33.4 Å². The van der Waals surface area contributed by atoms with Crippen LogP contribution in [0.1, 0.15) is 0 Å². The Bertz CT molecular complexity index is 1080. The van der Waals surface area contributed by atoms with Gasteiger partial charge in [-0.05, 0) is 48.0 Å². The van der Waals surface area contributed by atoms with E-state index in [-0.39, 0.29) is 10.7 Å². The highest BCUT2D eigenvalue weighted by molar-refractivity contribution is 6.34. The maximum absolute atomic E-state index is 14.0. The predicted octanol–water partition coefficient (Wildman–Crippen LogP) is 5.29. The van der Waals surface area contributed by atoms with Crippen molar-refractivity contribution in [2.24, 2.45) is 0 Å². The van der Waals surface area contributed by atoms with Crippen LogP contribution in [0.2, 0.25) is 5.15 Å².